The fraction of sp³-hybridized carbons (Fsp3) is 0.435. The van der Waals surface area contributed by atoms with Crippen LogP contribution < -0.4 is 15.8 Å². The highest BCUT2D eigenvalue weighted by atomic mass is 32.2. The van der Waals surface area contributed by atoms with E-state index in [4.69, 9.17) is 5.73 Å². The van der Waals surface area contributed by atoms with E-state index in [-0.39, 0.29) is 21.6 Å². The van der Waals surface area contributed by atoms with Crippen LogP contribution in [0.5, 0.6) is 0 Å². The van der Waals surface area contributed by atoms with Crippen molar-refractivity contribution in [1.82, 2.24) is 5.32 Å². The third-order valence-corrected chi connectivity index (χ3v) is 6.14. The van der Waals surface area contributed by atoms with Crippen molar-refractivity contribution in [2.45, 2.75) is 57.3 Å². The average Bonchev–Trinajstić information content (AvgIpc) is 2.64. The third kappa shape index (κ3) is 6.06. The van der Waals surface area contributed by atoms with E-state index in [1.807, 2.05) is 0 Å². The summed E-state index contributed by atoms with van der Waals surface area (Å²) in [4.78, 5) is 12.2. The molecule has 0 spiro atoms. The van der Waals surface area contributed by atoms with Crippen molar-refractivity contribution in [3.8, 4) is 0 Å². The summed E-state index contributed by atoms with van der Waals surface area (Å²) in [6, 6.07) is 11.8. The van der Waals surface area contributed by atoms with E-state index in [9.17, 15) is 13.2 Å². The summed E-state index contributed by atoms with van der Waals surface area (Å²) in [5.74, 6) is -0.248. The molecule has 0 aliphatic carbocycles. The van der Waals surface area contributed by atoms with Crippen LogP contribution in [0.4, 0.5) is 5.69 Å². The molecule has 0 heterocycles. The molecule has 0 bridgehead atoms. The highest BCUT2D eigenvalue weighted by Gasteiger charge is 2.24. The molecule has 6 nitrogen and oxygen atoms in total. The molecule has 4 N–H and O–H groups in total. The van der Waals surface area contributed by atoms with E-state index < -0.39 is 10.0 Å². The Morgan fingerprint density at radius 2 is 1.40 bits per heavy atom. The molecule has 2 aromatic rings. The maximum absolute atomic E-state index is 13.1. The van der Waals surface area contributed by atoms with Crippen LogP contribution >= 0.6 is 0 Å². The monoisotopic (exact) mass is 431 g/mol. The van der Waals surface area contributed by atoms with Gasteiger partial charge in [-0.1, -0.05) is 47.6 Å². The Balaban J connectivity index is 2.36. The van der Waals surface area contributed by atoms with Crippen molar-refractivity contribution in [2.24, 2.45) is 5.73 Å². The number of nitrogens with two attached hydrogens (primary N) is 1. The van der Waals surface area contributed by atoms with E-state index in [2.05, 4.69) is 57.6 Å². The summed E-state index contributed by atoms with van der Waals surface area (Å²) in [7, 11) is -3.79. The van der Waals surface area contributed by atoms with Gasteiger partial charge < -0.3 is 11.1 Å². The molecule has 7 heteroatoms. The molecule has 0 unspecified atom stereocenters. The van der Waals surface area contributed by atoms with Crippen molar-refractivity contribution in [3.05, 3.63) is 59.2 Å². The first-order valence-electron chi connectivity index (χ1n) is 10.0. The lowest BCUT2D eigenvalue weighted by Gasteiger charge is -2.26. The smallest absolute Gasteiger partial charge is 0.261 e. The number of sulfonamides is 1. The summed E-state index contributed by atoms with van der Waals surface area (Å²) in [5, 5.41) is 2.68. The van der Waals surface area contributed by atoms with Gasteiger partial charge in [0.1, 0.15) is 0 Å². The maximum Gasteiger partial charge on any atom is 0.261 e. The van der Waals surface area contributed by atoms with Gasteiger partial charge in [-0.3, -0.25) is 9.52 Å². The Morgan fingerprint density at radius 1 is 0.900 bits per heavy atom. The first kappa shape index (κ1) is 23.9. The van der Waals surface area contributed by atoms with Crippen LogP contribution in [0.1, 0.15) is 63.0 Å². The molecule has 0 aromatic heterocycles. The van der Waals surface area contributed by atoms with Gasteiger partial charge in [-0.2, -0.15) is 0 Å². The summed E-state index contributed by atoms with van der Waals surface area (Å²) >= 11 is 0. The second-order valence-corrected chi connectivity index (χ2v) is 11.2. The van der Waals surface area contributed by atoms with Gasteiger partial charge in [0, 0.05) is 24.3 Å². The summed E-state index contributed by atoms with van der Waals surface area (Å²) in [6.07, 6.45) is 0. The van der Waals surface area contributed by atoms with Crippen LogP contribution in [0, 0.1) is 0 Å². The number of carbonyl (C=O) groups is 1. The van der Waals surface area contributed by atoms with Crippen molar-refractivity contribution >= 4 is 21.6 Å². The zero-order valence-corrected chi connectivity index (χ0v) is 19.5. The van der Waals surface area contributed by atoms with Crippen molar-refractivity contribution in [1.29, 1.82) is 0 Å². The maximum atomic E-state index is 13.1. The second kappa shape index (κ2) is 8.78. The minimum absolute atomic E-state index is 0.190. The molecule has 2 rings (SSSR count). The molecule has 0 aliphatic heterocycles. The van der Waals surface area contributed by atoms with Gasteiger partial charge in [0.2, 0.25) is 0 Å². The topological polar surface area (TPSA) is 101 Å². The number of rotatable bonds is 6. The van der Waals surface area contributed by atoms with Crippen molar-refractivity contribution in [3.63, 3.8) is 0 Å². The highest BCUT2D eigenvalue weighted by molar-refractivity contribution is 7.92. The fourth-order valence-corrected chi connectivity index (χ4v) is 3.94. The lowest BCUT2D eigenvalue weighted by molar-refractivity contribution is 0.0955. The van der Waals surface area contributed by atoms with E-state index in [0.717, 1.165) is 11.1 Å². The highest BCUT2D eigenvalue weighted by Crippen LogP contribution is 2.32. The van der Waals surface area contributed by atoms with Gasteiger partial charge in [-0.25, -0.2) is 8.42 Å². The molecule has 30 heavy (non-hydrogen) atoms. The molecule has 0 atom stereocenters. The molecule has 1 amide bonds. The Labute approximate surface area is 180 Å². The van der Waals surface area contributed by atoms with Gasteiger partial charge in [-0.05, 0) is 58.4 Å². The number of nitrogens with one attached hydrogen (secondary N) is 2. The van der Waals surface area contributed by atoms with Crippen LogP contribution in [0.25, 0.3) is 0 Å². The summed E-state index contributed by atoms with van der Waals surface area (Å²) in [5.41, 5.74) is 7.76. The summed E-state index contributed by atoms with van der Waals surface area (Å²) in [6.45, 7) is 13.1. The molecule has 0 saturated carbocycles. The van der Waals surface area contributed by atoms with Gasteiger partial charge in [0.15, 0.2) is 0 Å². The number of benzene rings is 2. The van der Waals surface area contributed by atoms with Crippen LogP contribution in [0.15, 0.2) is 47.4 Å². The fourth-order valence-electron chi connectivity index (χ4n) is 2.81. The Bertz CT molecular complexity index is 967. The Hall–Kier alpha value is -2.38. The number of amides is 1. The normalized spacial score (nSPS) is 12.5. The largest absolute Gasteiger partial charge is 0.351 e. The predicted octanol–water partition coefficient (Wildman–Crippen LogP) is 3.77. The molecule has 2 aromatic carbocycles. The SMILES string of the molecule is CC(C)(C)c1cc(C(C)(C)C)cc(S(=O)(=O)Nc2ccc(C(=O)NCCN)cc2)c1. The summed E-state index contributed by atoms with van der Waals surface area (Å²) < 4.78 is 28.9. The lowest BCUT2D eigenvalue weighted by atomic mass is 9.81. The van der Waals surface area contributed by atoms with Crippen LogP contribution in [0.3, 0.4) is 0 Å². The van der Waals surface area contributed by atoms with E-state index in [1.54, 1.807) is 36.4 Å². The lowest BCUT2D eigenvalue weighted by Crippen LogP contribution is -2.28. The molecule has 0 fully saturated rings. The van der Waals surface area contributed by atoms with E-state index in [1.165, 1.54) is 0 Å². The van der Waals surface area contributed by atoms with Gasteiger partial charge in [0.05, 0.1) is 4.90 Å². The predicted molar refractivity (Wildman–Crippen MR) is 122 cm³/mol. The zero-order valence-electron chi connectivity index (χ0n) is 18.7. The van der Waals surface area contributed by atoms with Gasteiger partial charge >= 0.3 is 0 Å². The number of hydrogen-bond donors (Lipinski definition) is 3. The average molecular weight is 432 g/mol. The Morgan fingerprint density at radius 3 is 1.83 bits per heavy atom. The van der Waals surface area contributed by atoms with Gasteiger partial charge in [0.25, 0.3) is 15.9 Å². The van der Waals surface area contributed by atoms with E-state index in [0.29, 0.717) is 24.3 Å². The third-order valence-electron chi connectivity index (χ3n) is 4.78. The van der Waals surface area contributed by atoms with Crippen molar-refractivity contribution < 1.29 is 13.2 Å². The molecular weight excluding hydrogens is 398 g/mol. The van der Waals surface area contributed by atoms with Crippen LogP contribution in [0.2, 0.25) is 0 Å². The molecule has 0 aliphatic rings. The van der Waals surface area contributed by atoms with Crippen molar-refractivity contribution in [2.75, 3.05) is 17.8 Å². The number of anilines is 1. The molecule has 164 valence electrons. The first-order valence-corrected chi connectivity index (χ1v) is 11.5. The molecule has 0 radical (unpaired) electrons. The minimum atomic E-state index is -3.79. The first-order chi connectivity index (χ1) is 13.7. The molecular formula is C23H33N3O3S. The number of hydrogen-bond acceptors (Lipinski definition) is 4. The van der Waals surface area contributed by atoms with Gasteiger partial charge in [-0.15, -0.1) is 0 Å². The second-order valence-electron chi connectivity index (χ2n) is 9.47. The Kier molecular flexibility index (Phi) is 6.99. The quantitative estimate of drug-likeness (QED) is 0.648. The minimum Gasteiger partial charge on any atom is -0.351 e. The zero-order chi connectivity index (χ0) is 22.7. The molecule has 0 saturated heterocycles. The standard InChI is InChI=1S/C23H33N3O3S/c1-22(2,3)17-13-18(23(4,5)6)15-20(14-17)30(28,29)26-19-9-7-16(8-10-19)21(27)25-12-11-24/h7-10,13-15,26H,11-12,24H2,1-6H3,(H,25,27). The van der Waals surface area contributed by atoms with E-state index >= 15 is 0 Å². The van der Waals surface area contributed by atoms with Crippen LogP contribution in [-0.2, 0) is 20.9 Å². The van der Waals surface area contributed by atoms with Crippen LogP contribution in [-0.4, -0.2) is 27.4 Å². The number of carbonyl (C=O) groups excluding carboxylic acids is 1.